The molecule has 2 N–H and O–H groups in total. The first-order valence-corrected chi connectivity index (χ1v) is 7.23. The summed E-state index contributed by atoms with van der Waals surface area (Å²) in [6.45, 7) is 1.70. The van der Waals surface area contributed by atoms with E-state index in [2.05, 4.69) is 46.1 Å². The Bertz CT molecular complexity index is 586. The maximum absolute atomic E-state index is 5.78. The van der Waals surface area contributed by atoms with Crippen LogP contribution >= 0.6 is 15.9 Å². The second-order valence-corrected chi connectivity index (χ2v) is 5.79. The molecule has 0 fully saturated rings. The molecular formula is C16H19BrN2O. The molecule has 2 aromatic carbocycles. The van der Waals surface area contributed by atoms with Crippen molar-refractivity contribution in [2.45, 2.75) is 13.1 Å². The van der Waals surface area contributed by atoms with E-state index in [9.17, 15) is 0 Å². The van der Waals surface area contributed by atoms with Gasteiger partial charge in [0.25, 0.3) is 0 Å². The standard InChI is InChI=1S/C16H19BrN2O/c1-19(10-12-4-3-5-14(17)8-12)11-13-6-7-15(18)9-16(13)20-2/h3-9H,10-11,18H2,1-2H3. The predicted molar refractivity (Wildman–Crippen MR) is 86.7 cm³/mol. The van der Waals surface area contributed by atoms with Gasteiger partial charge < -0.3 is 10.5 Å². The van der Waals surface area contributed by atoms with E-state index >= 15 is 0 Å². The van der Waals surface area contributed by atoms with Crippen LogP contribution < -0.4 is 10.5 Å². The third-order valence-electron chi connectivity index (χ3n) is 3.09. The minimum Gasteiger partial charge on any atom is -0.496 e. The number of halogens is 1. The molecule has 4 heteroatoms. The number of anilines is 1. The lowest BCUT2D eigenvalue weighted by Gasteiger charge is -2.19. The van der Waals surface area contributed by atoms with E-state index in [1.807, 2.05) is 24.3 Å². The molecule has 0 bridgehead atoms. The molecule has 0 aliphatic rings. The highest BCUT2D eigenvalue weighted by Gasteiger charge is 2.07. The van der Waals surface area contributed by atoms with Crippen LogP contribution in [0.15, 0.2) is 46.9 Å². The zero-order chi connectivity index (χ0) is 14.5. The van der Waals surface area contributed by atoms with Gasteiger partial charge in [0.1, 0.15) is 5.75 Å². The summed E-state index contributed by atoms with van der Waals surface area (Å²) >= 11 is 3.50. The Morgan fingerprint density at radius 1 is 1.15 bits per heavy atom. The van der Waals surface area contributed by atoms with Crippen LogP contribution in [0.3, 0.4) is 0 Å². The Morgan fingerprint density at radius 3 is 2.65 bits per heavy atom. The number of nitrogens with zero attached hydrogens (tertiary/aromatic N) is 1. The summed E-state index contributed by atoms with van der Waals surface area (Å²) in [6, 6.07) is 14.1. The molecule has 0 amide bonds. The zero-order valence-corrected chi connectivity index (χ0v) is 13.4. The van der Waals surface area contributed by atoms with Gasteiger partial charge in [-0.2, -0.15) is 0 Å². The van der Waals surface area contributed by atoms with Gasteiger partial charge in [0.2, 0.25) is 0 Å². The molecule has 0 atom stereocenters. The van der Waals surface area contributed by atoms with E-state index in [1.54, 1.807) is 7.11 Å². The van der Waals surface area contributed by atoms with Crippen LogP contribution in [0.4, 0.5) is 5.69 Å². The fourth-order valence-electron chi connectivity index (χ4n) is 2.19. The van der Waals surface area contributed by atoms with Crippen LogP contribution in [-0.2, 0) is 13.1 Å². The maximum atomic E-state index is 5.78. The maximum Gasteiger partial charge on any atom is 0.125 e. The fraction of sp³-hybridized carbons (Fsp3) is 0.250. The van der Waals surface area contributed by atoms with Gasteiger partial charge in [-0.25, -0.2) is 0 Å². The van der Waals surface area contributed by atoms with Crippen molar-refractivity contribution in [1.29, 1.82) is 0 Å². The van der Waals surface area contributed by atoms with Crippen LogP contribution in [0.2, 0.25) is 0 Å². The zero-order valence-electron chi connectivity index (χ0n) is 11.8. The van der Waals surface area contributed by atoms with E-state index in [-0.39, 0.29) is 0 Å². The van der Waals surface area contributed by atoms with Crippen LogP contribution in [-0.4, -0.2) is 19.1 Å². The number of methoxy groups -OCH3 is 1. The van der Waals surface area contributed by atoms with Crippen molar-refractivity contribution in [3.63, 3.8) is 0 Å². The summed E-state index contributed by atoms with van der Waals surface area (Å²) in [5.41, 5.74) is 8.91. The third kappa shape index (κ3) is 3.99. The Morgan fingerprint density at radius 2 is 1.95 bits per heavy atom. The molecule has 0 aliphatic carbocycles. The van der Waals surface area contributed by atoms with E-state index in [1.165, 1.54) is 5.56 Å². The van der Waals surface area contributed by atoms with Gasteiger partial charge in [0.15, 0.2) is 0 Å². The molecule has 0 aromatic heterocycles. The highest BCUT2D eigenvalue weighted by molar-refractivity contribution is 9.10. The number of nitrogen functional groups attached to an aromatic ring is 1. The summed E-state index contributed by atoms with van der Waals surface area (Å²) < 4.78 is 6.49. The first-order chi connectivity index (χ1) is 9.58. The van der Waals surface area contributed by atoms with Gasteiger partial charge in [-0.15, -0.1) is 0 Å². The molecule has 2 rings (SSSR count). The van der Waals surface area contributed by atoms with Gasteiger partial charge in [-0.1, -0.05) is 34.1 Å². The number of hydrogen-bond donors (Lipinski definition) is 1. The third-order valence-corrected chi connectivity index (χ3v) is 3.59. The summed E-state index contributed by atoms with van der Waals surface area (Å²) in [5.74, 6) is 0.839. The average molecular weight is 335 g/mol. The first kappa shape index (κ1) is 14.9. The lowest BCUT2D eigenvalue weighted by Crippen LogP contribution is -2.17. The predicted octanol–water partition coefficient (Wildman–Crippen LogP) is 3.67. The number of hydrogen-bond acceptors (Lipinski definition) is 3. The molecule has 0 spiro atoms. The number of rotatable bonds is 5. The summed E-state index contributed by atoms with van der Waals surface area (Å²) in [7, 11) is 3.77. The van der Waals surface area contributed by atoms with Gasteiger partial charge in [0.05, 0.1) is 7.11 Å². The molecule has 0 radical (unpaired) electrons. The molecule has 106 valence electrons. The fourth-order valence-corrected chi connectivity index (χ4v) is 2.63. The number of nitrogens with two attached hydrogens (primary N) is 1. The van der Waals surface area contributed by atoms with Crippen molar-refractivity contribution in [2.24, 2.45) is 0 Å². The topological polar surface area (TPSA) is 38.5 Å². The van der Waals surface area contributed by atoms with E-state index < -0.39 is 0 Å². The van der Waals surface area contributed by atoms with Crippen LogP contribution in [0.25, 0.3) is 0 Å². The Kier molecular flexibility index (Phi) is 5.04. The second kappa shape index (κ2) is 6.77. The molecule has 0 saturated carbocycles. The lowest BCUT2D eigenvalue weighted by atomic mass is 10.1. The molecule has 3 nitrogen and oxygen atoms in total. The molecular weight excluding hydrogens is 316 g/mol. The molecule has 0 saturated heterocycles. The normalized spacial score (nSPS) is 10.8. The van der Waals surface area contributed by atoms with Crippen molar-refractivity contribution in [2.75, 3.05) is 19.9 Å². The lowest BCUT2D eigenvalue weighted by molar-refractivity contribution is 0.310. The SMILES string of the molecule is COc1cc(N)ccc1CN(C)Cc1cccc(Br)c1. The highest BCUT2D eigenvalue weighted by Crippen LogP contribution is 2.23. The van der Waals surface area contributed by atoms with Crippen molar-refractivity contribution in [3.8, 4) is 5.75 Å². The van der Waals surface area contributed by atoms with Crippen LogP contribution in [0, 0.1) is 0 Å². The van der Waals surface area contributed by atoms with Gasteiger partial charge in [-0.3, -0.25) is 4.90 Å². The van der Waals surface area contributed by atoms with Gasteiger partial charge in [-0.05, 0) is 30.8 Å². The van der Waals surface area contributed by atoms with Gasteiger partial charge >= 0.3 is 0 Å². The van der Waals surface area contributed by atoms with E-state index in [0.29, 0.717) is 0 Å². The number of ether oxygens (including phenoxy) is 1. The summed E-state index contributed by atoms with van der Waals surface area (Å²) in [4.78, 5) is 2.25. The monoisotopic (exact) mass is 334 g/mol. The van der Waals surface area contributed by atoms with Crippen molar-refractivity contribution in [3.05, 3.63) is 58.1 Å². The van der Waals surface area contributed by atoms with Crippen LogP contribution in [0.1, 0.15) is 11.1 Å². The highest BCUT2D eigenvalue weighted by atomic mass is 79.9. The summed E-state index contributed by atoms with van der Waals surface area (Å²) in [6.07, 6.45) is 0. The molecule has 0 aliphatic heterocycles. The van der Waals surface area contributed by atoms with Crippen molar-refractivity contribution >= 4 is 21.6 Å². The summed E-state index contributed by atoms with van der Waals surface area (Å²) in [5, 5.41) is 0. The molecule has 20 heavy (non-hydrogen) atoms. The van der Waals surface area contributed by atoms with E-state index in [0.717, 1.165) is 34.6 Å². The minimum atomic E-state index is 0.722. The van der Waals surface area contributed by atoms with E-state index in [4.69, 9.17) is 10.5 Å². The largest absolute Gasteiger partial charge is 0.496 e. The molecule has 0 heterocycles. The quantitative estimate of drug-likeness (QED) is 0.848. The Balaban J connectivity index is 2.06. The Hall–Kier alpha value is -1.52. The Labute approximate surface area is 128 Å². The molecule has 0 unspecified atom stereocenters. The molecule has 2 aromatic rings. The number of benzene rings is 2. The first-order valence-electron chi connectivity index (χ1n) is 6.44. The second-order valence-electron chi connectivity index (χ2n) is 4.87. The van der Waals surface area contributed by atoms with Crippen molar-refractivity contribution < 1.29 is 4.74 Å². The van der Waals surface area contributed by atoms with Crippen molar-refractivity contribution in [1.82, 2.24) is 4.90 Å². The van der Waals surface area contributed by atoms with Gasteiger partial charge in [0, 0.05) is 34.9 Å². The minimum absolute atomic E-state index is 0.722. The average Bonchev–Trinajstić information content (AvgIpc) is 2.40. The van der Waals surface area contributed by atoms with Crippen LogP contribution in [0.5, 0.6) is 5.75 Å². The smallest absolute Gasteiger partial charge is 0.125 e.